The predicted molar refractivity (Wildman–Crippen MR) is 353 cm³/mol. The molecule has 1 atom stereocenters. The van der Waals surface area contributed by atoms with E-state index in [1.165, 1.54) is 250 Å². The van der Waals surface area contributed by atoms with Crippen molar-refractivity contribution < 1.29 is 28.6 Å². The average molecular weight is 1130 g/mol. The number of carbonyl (C=O) groups is 3. The highest BCUT2D eigenvalue weighted by Gasteiger charge is 2.19. The first-order valence-corrected chi connectivity index (χ1v) is 35.8. The maximum absolute atomic E-state index is 12.9. The van der Waals surface area contributed by atoms with Gasteiger partial charge in [-0.1, -0.05) is 358 Å². The molecular weight excluding hydrogens is 997 g/mol. The van der Waals surface area contributed by atoms with Crippen LogP contribution in [0.25, 0.3) is 0 Å². The second-order valence-corrected chi connectivity index (χ2v) is 24.1. The zero-order valence-corrected chi connectivity index (χ0v) is 54.3. The van der Waals surface area contributed by atoms with E-state index >= 15 is 0 Å². The third-order valence-corrected chi connectivity index (χ3v) is 16.0. The summed E-state index contributed by atoms with van der Waals surface area (Å²) in [5.74, 6) is -0.847. The summed E-state index contributed by atoms with van der Waals surface area (Å²) < 4.78 is 16.9. The smallest absolute Gasteiger partial charge is 0.306 e. The Morgan fingerprint density at radius 2 is 0.481 bits per heavy atom. The predicted octanol–water partition coefficient (Wildman–Crippen LogP) is 24.7. The Hall–Kier alpha value is -2.89. The van der Waals surface area contributed by atoms with Crippen LogP contribution in [0.3, 0.4) is 0 Å². The number of hydrogen-bond donors (Lipinski definition) is 0. The van der Waals surface area contributed by atoms with E-state index in [1.54, 1.807) is 0 Å². The molecule has 0 N–H and O–H groups in total. The summed E-state index contributed by atoms with van der Waals surface area (Å²) >= 11 is 0. The van der Waals surface area contributed by atoms with Crippen molar-refractivity contribution in [2.24, 2.45) is 0 Å². The fourth-order valence-electron chi connectivity index (χ4n) is 10.7. The van der Waals surface area contributed by atoms with E-state index in [0.29, 0.717) is 19.3 Å². The van der Waals surface area contributed by atoms with Gasteiger partial charge in [0.05, 0.1) is 0 Å². The summed E-state index contributed by atoms with van der Waals surface area (Å²) in [5.41, 5.74) is 0. The van der Waals surface area contributed by atoms with Gasteiger partial charge in [-0.15, -0.1) is 0 Å². The first-order chi connectivity index (χ1) is 40.0. The molecule has 0 saturated heterocycles. The van der Waals surface area contributed by atoms with E-state index in [0.717, 1.165) is 89.9 Å². The molecule has 0 bridgehead atoms. The lowest BCUT2D eigenvalue weighted by Gasteiger charge is -2.18. The Labute approximate surface area is 504 Å². The van der Waals surface area contributed by atoms with E-state index in [2.05, 4.69) is 81.5 Å². The topological polar surface area (TPSA) is 78.9 Å². The Morgan fingerprint density at radius 3 is 0.753 bits per heavy atom. The zero-order valence-electron chi connectivity index (χ0n) is 54.3. The van der Waals surface area contributed by atoms with Gasteiger partial charge in [-0.05, 0) is 64.2 Å². The molecule has 0 amide bonds. The molecule has 472 valence electrons. The molecule has 0 aromatic rings. The average Bonchev–Trinajstić information content (AvgIpc) is 3.47. The van der Waals surface area contributed by atoms with Crippen LogP contribution >= 0.6 is 0 Å². The van der Waals surface area contributed by atoms with Gasteiger partial charge >= 0.3 is 17.9 Å². The lowest BCUT2D eigenvalue weighted by molar-refractivity contribution is -0.167. The Balaban J connectivity index is 3.97. The van der Waals surface area contributed by atoms with E-state index in [4.69, 9.17) is 14.2 Å². The summed E-state index contributed by atoms with van der Waals surface area (Å²) in [4.78, 5) is 38.2. The Bertz CT molecular complexity index is 1440. The third-order valence-electron chi connectivity index (χ3n) is 16.0. The minimum absolute atomic E-state index is 0.0666. The van der Waals surface area contributed by atoms with Crippen LogP contribution in [0.4, 0.5) is 0 Å². The van der Waals surface area contributed by atoms with E-state index in [9.17, 15) is 14.4 Å². The minimum Gasteiger partial charge on any atom is -0.462 e. The van der Waals surface area contributed by atoms with E-state index in [1.807, 2.05) is 0 Å². The molecule has 0 saturated carbocycles. The number of rotatable bonds is 66. The summed E-state index contributed by atoms with van der Waals surface area (Å²) in [6, 6.07) is 0. The lowest BCUT2D eigenvalue weighted by atomic mass is 10.0. The fraction of sp³-hybridized carbons (Fsp3) is 0.827. The van der Waals surface area contributed by atoms with Crippen LogP contribution < -0.4 is 0 Å². The van der Waals surface area contributed by atoms with Crippen LogP contribution in [0.15, 0.2) is 60.8 Å². The number of unbranched alkanes of at least 4 members (excludes halogenated alkanes) is 45. The van der Waals surface area contributed by atoms with Crippen LogP contribution in [0.2, 0.25) is 0 Å². The molecule has 0 heterocycles. The summed E-state index contributed by atoms with van der Waals surface area (Å²) in [7, 11) is 0. The molecule has 0 aliphatic carbocycles. The highest BCUT2D eigenvalue weighted by molar-refractivity contribution is 5.71. The molecule has 0 rings (SSSR count). The number of esters is 3. The number of carbonyl (C=O) groups excluding carboxylic acids is 3. The highest BCUT2D eigenvalue weighted by atomic mass is 16.6. The number of ether oxygens (including phenoxy) is 3. The SMILES string of the molecule is CC/C=C\C/C=C\C/C=C\C/C=C\C/C=C\CCCCCCCCCCCCCCCCCCCCCC(=O)OCC(COC(=O)CCCCCCCCC)OC(=O)CCCCCCCCCCCCCCCCCCCCCCC. The quantitative estimate of drug-likeness (QED) is 0.0261. The maximum atomic E-state index is 12.9. The molecule has 0 aliphatic rings. The second kappa shape index (κ2) is 69.6. The molecule has 0 fully saturated rings. The normalized spacial score (nSPS) is 12.4. The lowest BCUT2D eigenvalue weighted by Crippen LogP contribution is -2.30. The van der Waals surface area contributed by atoms with Crippen molar-refractivity contribution in [3.8, 4) is 0 Å². The Morgan fingerprint density at radius 1 is 0.259 bits per heavy atom. The largest absolute Gasteiger partial charge is 0.462 e. The van der Waals surface area contributed by atoms with Gasteiger partial charge in [-0.3, -0.25) is 14.4 Å². The van der Waals surface area contributed by atoms with Crippen molar-refractivity contribution in [1.29, 1.82) is 0 Å². The monoisotopic (exact) mass is 1130 g/mol. The van der Waals surface area contributed by atoms with Gasteiger partial charge in [0.1, 0.15) is 13.2 Å². The first kappa shape index (κ1) is 78.1. The highest BCUT2D eigenvalue weighted by Crippen LogP contribution is 2.19. The van der Waals surface area contributed by atoms with Gasteiger partial charge in [0.2, 0.25) is 0 Å². The Kier molecular flexibility index (Phi) is 67.1. The van der Waals surface area contributed by atoms with Crippen molar-refractivity contribution in [3.05, 3.63) is 60.8 Å². The summed E-state index contributed by atoms with van der Waals surface area (Å²) in [6.45, 7) is 6.55. The standard InChI is InChI=1S/C75H136O6/c1-4-7-10-13-16-18-20-22-24-26-28-30-31-32-33-34-35-36-37-38-39-40-41-42-43-45-46-48-50-52-54-56-59-62-65-68-74(77)80-71-72(70-79-73(76)67-64-61-58-15-12-9-6-3)81-75(78)69-66-63-60-57-55-53-51-49-47-44-29-27-25-23-21-19-17-14-11-8-5-2/h7,10,16,18,22,24,28,30,32-33,72H,4-6,8-9,11-15,17,19-21,23,25-27,29,31,34-71H2,1-3H3/b10-7-,18-16-,24-22-,30-28-,33-32-. The van der Waals surface area contributed by atoms with E-state index in [-0.39, 0.29) is 31.1 Å². The van der Waals surface area contributed by atoms with Crippen molar-refractivity contribution in [2.75, 3.05) is 13.2 Å². The molecule has 81 heavy (non-hydrogen) atoms. The minimum atomic E-state index is -0.767. The number of hydrogen-bond acceptors (Lipinski definition) is 6. The first-order valence-electron chi connectivity index (χ1n) is 35.8. The van der Waals surface area contributed by atoms with Crippen molar-refractivity contribution in [1.82, 2.24) is 0 Å². The van der Waals surface area contributed by atoms with Crippen molar-refractivity contribution in [2.45, 2.75) is 386 Å². The molecular formula is C75H136O6. The number of allylic oxidation sites excluding steroid dienone is 10. The van der Waals surface area contributed by atoms with Gasteiger partial charge in [0, 0.05) is 19.3 Å². The van der Waals surface area contributed by atoms with Crippen LogP contribution in [-0.2, 0) is 28.6 Å². The van der Waals surface area contributed by atoms with Crippen molar-refractivity contribution in [3.63, 3.8) is 0 Å². The fourth-order valence-corrected chi connectivity index (χ4v) is 10.7. The molecule has 0 aliphatic heterocycles. The van der Waals surface area contributed by atoms with Gasteiger partial charge in [0.25, 0.3) is 0 Å². The molecule has 0 spiro atoms. The van der Waals surface area contributed by atoms with Crippen LogP contribution in [0.1, 0.15) is 380 Å². The van der Waals surface area contributed by atoms with Crippen LogP contribution in [-0.4, -0.2) is 37.2 Å². The molecule has 6 heteroatoms. The molecule has 1 unspecified atom stereocenters. The summed E-state index contributed by atoms with van der Waals surface area (Å²) in [5, 5.41) is 0. The van der Waals surface area contributed by atoms with Crippen LogP contribution in [0.5, 0.6) is 0 Å². The maximum Gasteiger partial charge on any atom is 0.306 e. The van der Waals surface area contributed by atoms with Gasteiger partial charge < -0.3 is 14.2 Å². The van der Waals surface area contributed by atoms with Crippen molar-refractivity contribution >= 4 is 17.9 Å². The third kappa shape index (κ3) is 67.8. The van der Waals surface area contributed by atoms with Crippen LogP contribution in [0, 0.1) is 0 Å². The van der Waals surface area contributed by atoms with E-state index < -0.39 is 6.10 Å². The van der Waals surface area contributed by atoms with Gasteiger partial charge in [0.15, 0.2) is 6.10 Å². The van der Waals surface area contributed by atoms with Gasteiger partial charge in [-0.25, -0.2) is 0 Å². The van der Waals surface area contributed by atoms with Gasteiger partial charge in [-0.2, -0.15) is 0 Å². The molecule has 0 radical (unpaired) electrons. The molecule has 0 aromatic carbocycles. The summed E-state index contributed by atoms with van der Waals surface area (Å²) in [6.07, 6.45) is 90.1. The second-order valence-electron chi connectivity index (χ2n) is 24.1. The molecule has 6 nitrogen and oxygen atoms in total. The zero-order chi connectivity index (χ0) is 58.5. The molecule has 0 aromatic heterocycles.